The Balaban J connectivity index is 1.34. The van der Waals surface area contributed by atoms with E-state index in [-0.39, 0.29) is 23.1 Å². The predicted octanol–water partition coefficient (Wildman–Crippen LogP) is 3.55. The molecule has 2 aromatic rings. The number of thioether (sulfide) groups is 1. The normalized spacial score (nSPS) is 29.0. The number of fused-ring (bicyclic) bond motifs is 2. The van der Waals surface area contributed by atoms with Gasteiger partial charge in [0.1, 0.15) is 0 Å². The van der Waals surface area contributed by atoms with Crippen LogP contribution in [0, 0.1) is 16.7 Å². The van der Waals surface area contributed by atoms with Gasteiger partial charge in [-0.25, -0.2) is 0 Å². The first-order chi connectivity index (χ1) is 12.4. The monoisotopic (exact) mass is 372 g/mol. The lowest BCUT2D eigenvalue weighted by Gasteiger charge is -2.39. The van der Waals surface area contributed by atoms with Crippen molar-refractivity contribution in [2.24, 2.45) is 16.7 Å². The summed E-state index contributed by atoms with van der Waals surface area (Å²) in [6.07, 6.45) is 6.93. The summed E-state index contributed by atoms with van der Waals surface area (Å²) in [5.41, 5.74) is 1.26. The van der Waals surface area contributed by atoms with Gasteiger partial charge in [0.25, 0.3) is 5.22 Å². The zero-order valence-corrected chi connectivity index (χ0v) is 16.2. The number of nitrogens with one attached hydrogen (secondary N) is 1. The summed E-state index contributed by atoms with van der Waals surface area (Å²) in [6.45, 7) is 7.03. The molecule has 4 rings (SSSR count). The fourth-order valence-electron chi connectivity index (χ4n) is 4.66. The molecule has 2 aromatic heterocycles. The van der Waals surface area contributed by atoms with Crippen LogP contribution in [0.1, 0.15) is 40.0 Å². The highest BCUT2D eigenvalue weighted by molar-refractivity contribution is 7.99. The summed E-state index contributed by atoms with van der Waals surface area (Å²) in [7, 11) is 0. The molecule has 2 aliphatic carbocycles. The Hall–Kier alpha value is -1.89. The summed E-state index contributed by atoms with van der Waals surface area (Å²) in [5.74, 6) is 1.45. The molecule has 2 bridgehead atoms. The van der Waals surface area contributed by atoms with E-state index < -0.39 is 0 Å². The molecule has 0 spiro atoms. The van der Waals surface area contributed by atoms with Gasteiger partial charge in [-0.3, -0.25) is 9.78 Å². The lowest BCUT2D eigenvalue weighted by Crippen LogP contribution is -2.47. The first kappa shape index (κ1) is 17.5. The van der Waals surface area contributed by atoms with Crippen LogP contribution in [0.5, 0.6) is 0 Å². The summed E-state index contributed by atoms with van der Waals surface area (Å²) in [6, 6.07) is 3.94. The van der Waals surface area contributed by atoms with E-state index in [1.54, 1.807) is 12.4 Å². The van der Waals surface area contributed by atoms with E-state index in [0.29, 0.717) is 22.4 Å². The summed E-state index contributed by atoms with van der Waals surface area (Å²) < 4.78 is 5.61. The van der Waals surface area contributed by atoms with Crippen LogP contribution in [0.15, 0.2) is 34.2 Å². The lowest BCUT2D eigenvalue weighted by atomic mass is 9.69. The van der Waals surface area contributed by atoms with Crippen LogP contribution < -0.4 is 5.32 Å². The second kappa shape index (κ2) is 6.37. The third kappa shape index (κ3) is 2.82. The van der Waals surface area contributed by atoms with Crippen molar-refractivity contribution in [3.63, 3.8) is 0 Å². The second-order valence-corrected chi connectivity index (χ2v) is 9.06. The molecule has 2 aliphatic rings. The van der Waals surface area contributed by atoms with E-state index in [4.69, 9.17) is 4.42 Å². The number of rotatable bonds is 5. The molecule has 2 heterocycles. The van der Waals surface area contributed by atoms with E-state index in [2.05, 4.69) is 41.3 Å². The van der Waals surface area contributed by atoms with E-state index in [1.807, 2.05) is 12.1 Å². The van der Waals surface area contributed by atoms with Crippen molar-refractivity contribution in [3.8, 4) is 11.5 Å². The van der Waals surface area contributed by atoms with Gasteiger partial charge in [0.15, 0.2) is 0 Å². The van der Waals surface area contributed by atoms with Crippen molar-refractivity contribution in [3.05, 3.63) is 24.5 Å². The van der Waals surface area contributed by atoms with Gasteiger partial charge in [0, 0.05) is 18.4 Å². The molecule has 0 aliphatic heterocycles. The quantitative estimate of drug-likeness (QED) is 0.809. The maximum atomic E-state index is 12.4. The topological polar surface area (TPSA) is 80.9 Å². The van der Waals surface area contributed by atoms with Gasteiger partial charge in [-0.1, -0.05) is 32.5 Å². The Labute approximate surface area is 157 Å². The zero-order valence-electron chi connectivity index (χ0n) is 15.4. The van der Waals surface area contributed by atoms with Crippen LogP contribution in [0.3, 0.4) is 0 Å². The van der Waals surface area contributed by atoms with Crippen LogP contribution in [0.2, 0.25) is 0 Å². The Morgan fingerprint density at radius 3 is 2.88 bits per heavy atom. The lowest BCUT2D eigenvalue weighted by molar-refractivity contribution is -0.120. The molecule has 7 heteroatoms. The molecule has 1 amide bonds. The minimum Gasteiger partial charge on any atom is -0.411 e. The summed E-state index contributed by atoms with van der Waals surface area (Å²) in [5, 5.41) is 11.7. The van der Waals surface area contributed by atoms with Gasteiger partial charge in [-0.15, -0.1) is 10.2 Å². The third-order valence-electron chi connectivity index (χ3n) is 6.77. The molecule has 3 atom stereocenters. The van der Waals surface area contributed by atoms with Gasteiger partial charge in [-0.2, -0.15) is 0 Å². The van der Waals surface area contributed by atoms with Crippen molar-refractivity contribution in [1.29, 1.82) is 0 Å². The number of amides is 1. The van der Waals surface area contributed by atoms with Crippen LogP contribution >= 0.6 is 11.8 Å². The van der Waals surface area contributed by atoms with E-state index >= 15 is 0 Å². The van der Waals surface area contributed by atoms with Crippen LogP contribution in [-0.2, 0) is 4.79 Å². The van der Waals surface area contributed by atoms with Gasteiger partial charge < -0.3 is 9.73 Å². The molecule has 2 fully saturated rings. The van der Waals surface area contributed by atoms with Crippen molar-refractivity contribution in [2.45, 2.75) is 51.3 Å². The molecular weight excluding hydrogens is 348 g/mol. The van der Waals surface area contributed by atoms with Gasteiger partial charge in [-0.05, 0) is 48.1 Å². The fraction of sp³-hybridized carbons (Fsp3) is 0.579. The Morgan fingerprint density at radius 1 is 1.38 bits per heavy atom. The Morgan fingerprint density at radius 2 is 2.23 bits per heavy atom. The highest BCUT2D eigenvalue weighted by atomic mass is 32.2. The van der Waals surface area contributed by atoms with E-state index in [9.17, 15) is 4.79 Å². The minimum absolute atomic E-state index is 0.0331. The highest BCUT2D eigenvalue weighted by Gasteiger charge is 2.61. The molecule has 0 aromatic carbocycles. The molecule has 0 radical (unpaired) electrons. The van der Waals surface area contributed by atoms with Gasteiger partial charge in [0.05, 0.1) is 11.3 Å². The molecular formula is C19H24N4O2S. The highest BCUT2D eigenvalue weighted by Crippen LogP contribution is 2.65. The number of aromatic nitrogens is 3. The van der Waals surface area contributed by atoms with Crippen molar-refractivity contribution >= 4 is 17.7 Å². The molecule has 0 unspecified atom stereocenters. The maximum Gasteiger partial charge on any atom is 0.277 e. The van der Waals surface area contributed by atoms with Crippen LogP contribution in [0.25, 0.3) is 11.5 Å². The van der Waals surface area contributed by atoms with E-state index in [0.717, 1.165) is 12.0 Å². The van der Waals surface area contributed by atoms with E-state index in [1.165, 1.54) is 24.6 Å². The SMILES string of the molecule is CC1(C)[C@H]2CC[C@@]1(C)[C@@H](NC(=O)CSc1nnc(-c3cccnc3)o1)C2. The largest absolute Gasteiger partial charge is 0.411 e. The predicted molar refractivity (Wildman–Crippen MR) is 99.4 cm³/mol. The zero-order chi connectivity index (χ0) is 18.4. The number of hydrogen-bond donors (Lipinski definition) is 1. The Bertz CT molecular complexity index is 807. The third-order valence-corrected chi connectivity index (χ3v) is 7.59. The van der Waals surface area contributed by atoms with Crippen molar-refractivity contribution < 1.29 is 9.21 Å². The molecule has 0 saturated heterocycles. The molecule has 1 N–H and O–H groups in total. The average molecular weight is 372 g/mol. The number of pyridine rings is 1. The average Bonchev–Trinajstić information content (AvgIpc) is 3.24. The maximum absolute atomic E-state index is 12.4. The minimum atomic E-state index is 0.0331. The number of nitrogens with zero attached hydrogens (tertiary/aromatic N) is 3. The summed E-state index contributed by atoms with van der Waals surface area (Å²) >= 11 is 1.27. The number of carbonyl (C=O) groups excluding carboxylic acids is 1. The standard InChI is InChI=1S/C19H24N4O2S/c1-18(2)13-6-7-19(18,3)14(9-13)21-15(24)11-26-17-23-22-16(25-17)12-5-4-8-20-10-12/h4-5,8,10,13-14H,6-7,9,11H2,1-3H3,(H,21,24)/t13-,14-,19-/m0/s1. The molecule has 26 heavy (non-hydrogen) atoms. The number of carbonyl (C=O) groups is 1. The van der Waals surface area contributed by atoms with Gasteiger partial charge in [0.2, 0.25) is 11.8 Å². The van der Waals surface area contributed by atoms with Crippen LogP contribution in [0.4, 0.5) is 0 Å². The Kier molecular flexibility index (Phi) is 4.29. The smallest absolute Gasteiger partial charge is 0.277 e. The number of hydrogen-bond acceptors (Lipinski definition) is 6. The van der Waals surface area contributed by atoms with Crippen molar-refractivity contribution in [1.82, 2.24) is 20.5 Å². The summed E-state index contributed by atoms with van der Waals surface area (Å²) in [4.78, 5) is 16.5. The van der Waals surface area contributed by atoms with Crippen molar-refractivity contribution in [2.75, 3.05) is 5.75 Å². The second-order valence-electron chi connectivity index (χ2n) is 8.13. The molecule has 6 nitrogen and oxygen atoms in total. The molecule has 2 saturated carbocycles. The fourth-order valence-corrected chi connectivity index (χ4v) is 5.23. The molecule has 138 valence electrons. The first-order valence-corrected chi connectivity index (χ1v) is 10.0. The van der Waals surface area contributed by atoms with Crippen LogP contribution in [-0.4, -0.2) is 32.9 Å². The first-order valence-electron chi connectivity index (χ1n) is 9.06. The van der Waals surface area contributed by atoms with Gasteiger partial charge >= 0.3 is 0 Å².